The van der Waals surface area contributed by atoms with Crippen LogP contribution in [-0.4, -0.2) is 61.9 Å². The molecule has 11 heteroatoms. The second-order valence-electron chi connectivity index (χ2n) is 6.27. The third kappa shape index (κ3) is 8.82. The maximum absolute atomic E-state index is 11.9. The number of aliphatic hydroxyl groups excluding tert-OH is 1. The van der Waals surface area contributed by atoms with Crippen molar-refractivity contribution in [2.75, 3.05) is 24.2 Å². The predicted octanol–water partition coefficient (Wildman–Crippen LogP) is 0.133. The Balaban J connectivity index is 0.000000568. The molecule has 1 aliphatic rings. The molecule has 1 aliphatic heterocycles. The Kier molecular flexibility index (Phi) is 8.86. The van der Waals surface area contributed by atoms with Crippen LogP contribution in [0.3, 0.4) is 0 Å². The van der Waals surface area contributed by atoms with Gasteiger partial charge in [0.25, 0.3) is 15.9 Å². The van der Waals surface area contributed by atoms with Gasteiger partial charge in [-0.05, 0) is 50.5 Å². The Bertz CT molecular complexity index is 799. The fourth-order valence-corrected chi connectivity index (χ4v) is 2.77. The van der Waals surface area contributed by atoms with Crippen LogP contribution >= 0.6 is 0 Å². The number of nitrogens with two attached hydrogens (primary N) is 1. The van der Waals surface area contributed by atoms with Crippen molar-refractivity contribution in [1.29, 1.82) is 0 Å². The molecule has 10 nitrogen and oxygen atoms in total. The maximum atomic E-state index is 11.9. The molecule has 1 heterocycles. The van der Waals surface area contributed by atoms with Crippen LogP contribution in [-0.2, 0) is 14.8 Å². The average Bonchev–Trinajstić information content (AvgIpc) is 2.61. The van der Waals surface area contributed by atoms with E-state index in [0.717, 1.165) is 25.0 Å². The van der Waals surface area contributed by atoms with Crippen LogP contribution in [0.2, 0.25) is 0 Å². The molecule has 5 N–H and O–H groups in total. The standard InChI is InChI=1S/C14H20N4O3S.C3H6O3/c1-22(20,21)17-14(15)16-13(19)11-5-7-12(8-6-11)18-9-3-2-4-10-18;1-2(4)3(5)6/h5-8H,2-4,9-10H2,1H3,(H3,15,16,17,19);2,4H,1H3,(H,5,6). The first-order valence-electron chi connectivity index (χ1n) is 8.62. The number of hydrogen-bond acceptors (Lipinski definition) is 6. The number of sulfonamides is 1. The zero-order valence-corrected chi connectivity index (χ0v) is 16.6. The van der Waals surface area contributed by atoms with Gasteiger partial charge in [0, 0.05) is 24.3 Å². The molecule has 1 aromatic rings. The summed E-state index contributed by atoms with van der Waals surface area (Å²) < 4.78 is 25.1. The molecule has 2 rings (SSSR count). The maximum Gasteiger partial charge on any atom is 0.332 e. The highest BCUT2D eigenvalue weighted by molar-refractivity contribution is 7.89. The summed E-state index contributed by atoms with van der Waals surface area (Å²) in [5.41, 5.74) is 6.85. The third-order valence-corrected chi connectivity index (χ3v) is 4.24. The number of benzene rings is 1. The van der Waals surface area contributed by atoms with E-state index in [-0.39, 0.29) is 0 Å². The molecule has 0 aromatic heterocycles. The number of carbonyl (C=O) groups excluding carboxylic acids is 1. The molecule has 0 saturated carbocycles. The number of rotatable bonds is 4. The summed E-state index contributed by atoms with van der Waals surface area (Å²) in [6, 6.07) is 7.13. The van der Waals surface area contributed by atoms with Gasteiger partial charge < -0.3 is 20.8 Å². The first kappa shape index (κ1) is 23.4. The van der Waals surface area contributed by atoms with E-state index < -0.39 is 34.0 Å². The fraction of sp³-hybridized carbons (Fsp3) is 0.471. The lowest BCUT2D eigenvalue weighted by atomic mass is 10.1. The van der Waals surface area contributed by atoms with E-state index in [4.69, 9.17) is 15.9 Å². The van der Waals surface area contributed by atoms with Crippen molar-refractivity contribution < 1.29 is 28.2 Å². The summed E-state index contributed by atoms with van der Waals surface area (Å²) in [5, 5.41) is 18.0. The van der Waals surface area contributed by atoms with Crippen LogP contribution in [0.4, 0.5) is 5.69 Å². The Hall–Kier alpha value is -2.66. The summed E-state index contributed by atoms with van der Waals surface area (Å²) in [6.45, 7) is 3.25. The van der Waals surface area contributed by atoms with Crippen LogP contribution in [0.15, 0.2) is 28.7 Å². The number of hydrogen-bond donors (Lipinski definition) is 4. The van der Waals surface area contributed by atoms with Gasteiger partial charge in [0.15, 0.2) is 0 Å². The number of carboxylic acids is 1. The summed E-state index contributed by atoms with van der Waals surface area (Å²) >= 11 is 0. The number of carbonyl (C=O) groups is 2. The molecule has 1 fully saturated rings. The normalized spacial score (nSPS) is 15.8. The lowest BCUT2D eigenvalue weighted by molar-refractivity contribution is -0.145. The molecule has 1 amide bonds. The van der Waals surface area contributed by atoms with Crippen LogP contribution in [0, 0.1) is 0 Å². The van der Waals surface area contributed by atoms with E-state index in [2.05, 4.69) is 14.6 Å². The van der Waals surface area contributed by atoms with E-state index in [1.54, 1.807) is 12.1 Å². The molecule has 28 heavy (non-hydrogen) atoms. The van der Waals surface area contributed by atoms with Gasteiger partial charge in [0.1, 0.15) is 6.10 Å². The van der Waals surface area contributed by atoms with Crippen molar-refractivity contribution in [3.63, 3.8) is 0 Å². The lowest BCUT2D eigenvalue weighted by Crippen LogP contribution is -2.37. The minimum atomic E-state index is -3.63. The molecule has 156 valence electrons. The molecule has 1 aromatic carbocycles. The molecule has 0 radical (unpaired) electrons. The number of aliphatic carboxylic acids is 1. The predicted molar refractivity (Wildman–Crippen MR) is 106 cm³/mol. The highest BCUT2D eigenvalue weighted by Gasteiger charge is 2.13. The van der Waals surface area contributed by atoms with Crippen LogP contribution in [0.1, 0.15) is 36.5 Å². The third-order valence-electron chi connectivity index (χ3n) is 3.71. The van der Waals surface area contributed by atoms with E-state index in [1.807, 2.05) is 12.1 Å². The van der Waals surface area contributed by atoms with Crippen molar-refractivity contribution in [3.05, 3.63) is 29.8 Å². The second kappa shape index (κ2) is 10.6. The molecule has 1 unspecified atom stereocenters. The zero-order valence-electron chi connectivity index (χ0n) is 15.8. The van der Waals surface area contributed by atoms with Crippen LogP contribution in [0.5, 0.6) is 0 Å². The average molecular weight is 414 g/mol. The molecule has 0 aliphatic carbocycles. The number of amides is 1. The summed E-state index contributed by atoms with van der Waals surface area (Å²) in [6.07, 6.45) is 3.29. The quantitative estimate of drug-likeness (QED) is 0.399. The minimum absolute atomic E-state index is 0.396. The zero-order chi connectivity index (χ0) is 21.3. The fourth-order valence-electron chi connectivity index (χ4n) is 2.37. The second-order valence-corrected chi connectivity index (χ2v) is 7.92. The first-order valence-corrected chi connectivity index (χ1v) is 10.5. The number of piperidine rings is 1. The monoisotopic (exact) mass is 414 g/mol. The lowest BCUT2D eigenvalue weighted by Gasteiger charge is -2.28. The highest BCUT2D eigenvalue weighted by atomic mass is 32.2. The van der Waals surface area contributed by atoms with Crippen LogP contribution < -0.4 is 16.0 Å². The number of nitrogens with zero attached hydrogens (tertiary/aromatic N) is 2. The molecule has 1 atom stereocenters. The smallest absolute Gasteiger partial charge is 0.332 e. The summed E-state index contributed by atoms with van der Waals surface area (Å²) in [4.78, 5) is 23.7. The van der Waals surface area contributed by atoms with E-state index in [0.29, 0.717) is 5.56 Å². The highest BCUT2D eigenvalue weighted by Crippen LogP contribution is 2.20. The van der Waals surface area contributed by atoms with Gasteiger partial charge in [-0.25, -0.2) is 13.2 Å². The Morgan fingerprint density at radius 3 is 2.11 bits per heavy atom. The molecule has 0 bridgehead atoms. The van der Waals surface area contributed by atoms with Crippen LogP contribution in [0.25, 0.3) is 0 Å². The minimum Gasteiger partial charge on any atom is -0.479 e. The SMILES string of the molecule is CC(O)C(=O)O.CS(=O)(=O)N=C(N)NC(=O)c1ccc(N2CCCCC2)cc1. The van der Waals surface area contributed by atoms with Gasteiger partial charge in [-0.3, -0.25) is 10.1 Å². The first-order chi connectivity index (χ1) is 13.0. The summed E-state index contributed by atoms with van der Waals surface area (Å²) in [5.74, 6) is -2.11. The van der Waals surface area contributed by atoms with E-state index in [1.165, 1.54) is 26.2 Å². The van der Waals surface area contributed by atoms with Gasteiger partial charge in [-0.1, -0.05) is 0 Å². The number of anilines is 1. The molecular weight excluding hydrogens is 388 g/mol. The summed E-state index contributed by atoms with van der Waals surface area (Å²) in [7, 11) is -3.63. The number of nitrogens with one attached hydrogen (secondary N) is 1. The van der Waals surface area contributed by atoms with E-state index >= 15 is 0 Å². The van der Waals surface area contributed by atoms with Crippen molar-refractivity contribution >= 4 is 33.5 Å². The van der Waals surface area contributed by atoms with Gasteiger partial charge in [-0.2, -0.15) is 0 Å². The van der Waals surface area contributed by atoms with E-state index in [9.17, 15) is 18.0 Å². The van der Waals surface area contributed by atoms with Gasteiger partial charge >= 0.3 is 5.97 Å². The van der Waals surface area contributed by atoms with Crippen molar-refractivity contribution in [2.24, 2.45) is 10.1 Å². The largest absolute Gasteiger partial charge is 0.479 e. The molecule has 0 spiro atoms. The van der Waals surface area contributed by atoms with Crippen molar-refractivity contribution in [3.8, 4) is 0 Å². The van der Waals surface area contributed by atoms with Gasteiger partial charge in [0.05, 0.1) is 6.26 Å². The molecular formula is C17H26N4O6S. The molecule has 1 saturated heterocycles. The van der Waals surface area contributed by atoms with Gasteiger partial charge in [-0.15, -0.1) is 4.40 Å². The van der Waals surface area contributed by atoms with Crippen molar-refractivity contribution in [1.82, 2.24) is 5.32 Å². The Labute approximate surface area is 164 Å². The number of carboxylic acid groups (broad SMARTS) is 1. The topological polar surface area (TPSA) is 162 Å². The number of guanidine groups is 1. The number of aliphatic hydroxyl groups is 1. The Morgan fingerprint density at radius 1 is 1.18 bits per heavy atom. The van der Waals surface area contributed by atoms with Gasteiger partial charge in [0.2, 0.25) is 5.96 Å². The Morgan fingerprint density at radius 2 is 1.68 bits per heavy atom. The van der Waals surface area contributed by atoms with Crippen molar-refractivity contribution in [2.45, 2.75) is 32.3 Å².